The summed E-state index contributed by atoms with van der Waals surface area (Å²) in [5.41, 5.74) is 2.96. The van der Waals surface area contributed by atoms with Crippen molar-refractivity contribution in [3.63, 3.8) is 0 Å². The zero-order valence-corrected chi connectivity index (χ0v) is 13.4. The number of benzene rings is 1. The predicted molar refractivity (Wildman–Crippen MR) is 85.3 cm³/mol. The van der Waals surface area contributed by atoms with E-state index >= 15 is 0 Å². The molecule has 0 spiro atoms. The Labute approximate surface area is 129 Å². The van der Waals surface area contributed by atoms with Gasteiger partial charge in [-0.2, -0.15) is 0 Å². The molecule has 21 heavy (non-hydrogen) atoms. The van der Waals surface area contributed by atoms with Crippen molar-refractivity contribution in [1.29, 1.82) is 0 Å². The fourth-order valence-corrected chi connectivity index (χ4v) is 4.66. The summed E-state index contributed by atoms with van der Waals surface area (Å²) in [7, 11) is 0. The number of amides is 2. The smallest absolute Gasteiger partial charge is 0.248 e. The summed E-state index contributed by atoms with van der Waals surface area (Å²) in [4.78, 5) is 26.3. The Balaban J connectivity index is 1.82. The van der Waals surface area contributed by atoms with Crippen LogP contribution in [0, 0.1) is 13.8 Å². The van der Waals surface area contributed by atoms with Crippen LogP contribution in [0.15, 0.2) is 18.2 Å². The number of rotatable bonds is 2. The Hall–Kier alpha value is -1.49. The number of fused-ring (bicyclic) bond motifs is 1. The summed E-state index contributed by atoms with van der Waals surface area (Å²) in [6.07, 6.45) is 1.39. The lowest BCUT2D eigenvalue weighted by Crippen LogP contribution is -2.48. The third-order valence-electron chi connectivity index (χ3n) is 4.48. The molecule has 2 saturated heterocycles. The van der Waals surface area contributed by atoms with Crippen molar-refractivity contribution in [2.75, 3.05) is 11.1 Å². The number of nitrogens with one attached hydrogen (secondary N) is 1. The molecule has 0 aliphatic carbocycles. The standard InChI is InChI=1S/C16H20N2O2S/c1-10-5-4-6-11(2)14(10)17-15(20)12-9-21-16(3)8-7-13(19)18(12)16/h4-6,12H,7-9H2,1-3H3,(H,17,20)/t12-,16+/m1/s1. The highest BCUT2D eigenvalue weighted by atomic mass is 32.2. The Kier molecular flexibility index (Phi) is 3.48. The molecule has 0 saturated carbocycles. The van der Waals surface area contributed by atoms with Gasteiger partial charge in [0.2, 0.25) is 11.8 Å². The van der Waals surface area contributed by atoms with E-state index < -0.39 is 0 Å². The molecular formula is C16H20N2O2S. The summed E-state index contributed by atoms with van der Waals surface area (Å²) in [5.74, 6) is 0.710. The number of hydrogen-bond acceptors (Lipinski definition) is 3. The van der Waals surface area contributed by atoms with Crippen LogP contribution >= 0.6 is 11.8 Å². The molecule has 1 aromatic rings. The number of carbonyl (C=O) groups is 2. The number of hydrogen-bond donors (Lipinski definition) is 1. The molecule has 112 valence electrons. The molecule has 4 nitrogen and oxygen atoms in total. The van der Waals surface area contributed by atoms with E-state index in [4.69, 9.17) is 0 Å². The van der Waals surface area contributed by atoms with Gasteiger partial charge in [0.25, 0.3) is 0 Å². The Morgan fingerprint density at radius 2 is 2.05 bits per heavy atom. The predicted octanol–water partition coefficient (Wildman–Crippen LogP) is 2.70. The van der Waals surface area contributed by atoms with E-state index in [1.807, 2.05) is 32.0 Å². The number of nitrogens with zero attached hydrogens (tertiary/aromatic N) is 1. The minimum Gasteiger partial charge on any atom is -0.324 e. The minimum atomic E-state index is -0.353. The van der Waals surface area contributed by atoms with Crippen LogP contribution < -0.4 is 5.32 Å². The molecule has 0 bridgehead atoms. The second-order valence-corrected chi connectivity index (χ2v) is 7.52. The van der Waals surface area contributed by atoms with Crippen LogP contribution in [-0.2, 0) is 9.59 Å². The van der Waals surface area contributed by atoms with Crippen LogP contribution in [-0.4, -0.2) is 33.4 Å². The molecule has 0 aromatic heterocycles. The third kappa shape index (κ3) is 2.33. The largest absolute Gasteiger partial charge is 0.324 e. The maximum atomic E-state index is 12.6. The van der Waals surface area contributed by atoms with Gasteiger partial charge < -0.3 is 10.2 Å². The quantitative estimate of drug-likeness (QED) is 0.914. The second-order valence-electron chi connectivity index (χ2n) is 6.02. The molecule has 5 heteroatoms. The van der Waals surface area contributed by atoms with Crippen molar-refractivity contribution in [2.45, 2.75) is 44.5 Å². The van der Waals surface area contributed by atoms with Gasteiger partial charge in [-0.3, -0.25) is 9.59 Å². The van der Waals surface area contributed by atoms with Gasteiger partial charge in [0.1, 0.15) is 6.04 Å². The average Bonchev–Trinajstić information content (AvgIpc) is 2.91. The fourth-order valence-electron chi connectivity index (χ4n) is 3.23. The molecule has 2 fully saturated rings. The van der Waals surface area contributed by atoms with Crippen molar-refractivity contribution >= 4 is 29.3 Å². The van der Waals surface area contributed by atoms with Gasteiger partial charge in [0, 0.05) is 17.9 Å². The molecule has 2 amide bonds. The number of anilines is 1. The Morgan fingerprint density at radius 3 is 2.71 bits per heavy atom. The van der Waals surface area contributed by atoms with Gasteiger partial charge in [-0.15, -0.1) is 11.8 Å². The lowest BCUT2D eigenvalue weighted by Gasteiger charge is -2.30. The first-order valence-electron chi connectivity index (χ1n) is 7.25. The van der Waals surface area contributed by atoms with Crippen LogP contribution in [0.3, 0.4) is 0 Å². The molecule has 3 rings (SSSR count). The van der Waals surface area contributed by atoms with Gasteiger partial charge >= 0.3 is 0 Å². The third-order valence-corrected chi connectivity index (χ3v) is 5.98. The fraction of sp³-hybridized carbons (Fsp3) is 0.500. The first kappa shape index (κ1) is 14.4. The highest BCUT2D eigenvalue weighted by molar-refractivity contribution is 8.01. The van der Waals surface area contributed by atoms with E-state index in [0.717, 1.165) is 23.2 Å². The summed E-state index contributed by atoms with van der Waals surface area (Å²) >= 11 is 1.72. The molecule has 2 heterocycles. The van der Waals surface area contributed by atoms with Crippen molar-refractivity contribution in [3.8, 4) is 0 Å². The molecule has 0 radical (unpaired) electrons. The molecule has 1 aromatic carbocycles. The summed E-state index contributed by atoms with van der Waals surface area (Å²) in [5, 5.41) is 3.02. The summed E-state index contributed by atoms with van der Waals surface area (Å²) < 4.78 is 0. The van der Waals surface area contributed by atoms with Crippen LogP contribution in [0.5, 0.6) is 0 Å². The first-order valence-corrected chi connectivity index (χ1v) is 8.24. The van der Waals surface area contributed by atoms with Crippen LogP contribution in [0.4, 0.5) is 5.69 Å². The molecule has 2 aliphatic heterocycles. The van der Waals surface area contributed by atoms with Gasteiger partial charge in [-0.1, -0.05) is 18.2 Å². The average molecular weight is 304 g/mol. The van der Waals surface area contributed by atoms with Crippen molar-refractivity contribution < 1.29 is 9.59 Å². The maximum Gasteiger partial charge on any atom is 0.248 e. The van der Waals surface area contributed by atoms with Gasteiger partial charge in [-0.25, -0.2) is 0 Å². The van der Waals surface area contributed by atoms with Crippen LogP contribution in [0.1, 0.15) is 30.9 Å². The maximum absolute atomic E-state index is 12.6. The van der Waals surface area contributed by atoms with E-state index in [2.05, 4.69) is 12.2 Å². The highest BCUT2D eigenvalue weighted by Crippen LogP contribution is 2.47. The molecular weight excluding hydrogens is 284 g/mol. The van der Waals surface area contributed by atoms with E-state index in [0.29, 0.717) is 12.2 Å². The number of para-hydroxylation sites is 1. The second kappa shape index (κ2) is 5.05. The SMILES string of the molecule is Cc1cccc(C)c1NC(=O)[C@H]1CS[C@@]2(C)CCC(=O)N12. The highest BCUT2D eigenvalue weighted by Gasteiger charge is 2.52. The molecule has 1 N–H and O–H groups in total. The number of carbonyl (C=O) groups excluding carboxylic acids is 2. The zero-order chi connectivity index (χ0) is 15.2. The summed E-state index contributed by atoms with van der Waals surface area (Å²) in [6, 6.07) is 5.59. The summed E-state index contributed by atoms with van der Waals surface area (Å²) in [6.45, 7) is 6.03. The Bertz CT molecular complexity index is 596. The van der Waals surface area contributed by atoms with Crippen LogP contribution in [0.2, 0.25) is 0 Å². The van der Waals surface area contributed by atoms with Crippen molar-refractivity contribution in [3.05, 3.63) is 29.3 Å². The van der Waals surface area contributed by atoms with E-state index in [1.165, 1.54) is 0 Å². The zero-order valence-electron chi connectivity index (χ0n) is 12.6. The van der Waals surface area contributed by atoms with E-state index in [-0.39, 0.29) is 22.7 Å². The van der Waals surface area contributed by atoms with Gasteiger partial charge in [0.05, 0.1) is 4.87 Å². The lowest BCUT2D eigenvalue weighted by molar-refractivity contribution is -0.135. The first-order chi connectivity index (χ1) is 9.92. The monoisotopic (exact) mass is 304 g/mol. The number of thioether (sulfide) groups is 1. The molecule has 0 unspecified atom stereocenters. The van der Waals surface area contributed by atoms with Gasteiger partial charge in [-0.05, 0) is 38.3 Å². The topological polar surface area (TPSA) is 49.4 Å². The van der Waals surface area contributed by atoms with Crippen LogP contribution in [0.25, 0.3) is 0 Å². The molecule has 2 aliphatic rings. The van der Waals surface area contributed by atoms with Gasteiger partial charge in [0.15, 0.2) is 0 Å². The van der Waals surface area contributed by atoms with E-state index in [9.17, 15) is 9.59 Å². The van der Waals surface area contributed by atoms with Crippen molar-refractivity contribution in [2.24, 2.45) is 0 Å². The number of aryl methyl sites for hydroxylation is 2. The van der Waals surface area contributed by atoms with E-state index in [1.54, 1.807) is 16.7 Å². The normalized spacial score (nSPS) is 27.9. The Morgan fingerprint density at radius 1 is 1.38 bits per heavy atom. The van der Waals surface area contributed by atoms with Crippen molar-refractivity contribution in [1.82, 2.24) is 4.90 Å². The lowest BCUT2D eigenvalue weighted by atomic mass is 10.1. The molecule has 2 atom stereocenters. The minimum absolute atomic E-state index is 0.0705.